The molecule has 5 heteroatoms. The van der Waals surface area contributed by atoms with Crippen LogP contribution in [-0.2, 0) is 17.3 Å². The van der Waals surface area contributed by atoms with Gasteiger partial charge in [0.1, 0.15) is 0 Å². The Morgan fingerprint density at radius 1 is 1.17 bits per heavy atom. The summed E-state index contributed by atoms with van der Waals surface area (Å²) >= 11 is 0. The topological polar surface area (TPSA) is 51.2 Å². The minimum absolute atomic E-state index is 0.100. The van der Waals surface area contributed by atoms with E-state index in [9.17, 15) is 4.21 Å². The SMILES string of the molecule is CC(C)Oc1ncccc1CNC(C)c1ccc(S(C)=O)cc1. The van der Waals surface area contributed by atoms with E-state index in [0.29, 0.717) is 12.4 Å². The second-order valence-corrected chi connectivity index (χ2v) is 7.14. The minimum Gasteiger partial charge on any atom is -0.475 e. The van der Waals surface area contributed by atoms with E-state index in [1.165, 1.54) is 0 Å². The standard InChI is InChI=1S/C18H24N2O2S/c1-13(2)22-18-16(6-5-11-19-18)12-20-14(3)15-7-9-17(10-8-15)23(4)21/h5-11,13-14,20H,12H2,1-4H3. The molecule has 0 fully saturated rings. The Balaban J connectivity index is 2.01. The summed E-state index contributed by atoms with van der Waals surface area (Å²) < 4.78 is 17.2. The monoisotopic (exact) mass is 332 g/mol. The lowest BCUT2D eigenvalue weighted by molar-refractivity contribution is 0.229. The van der Waals surface area contributed by atoms with Crippen LogP contribution in [0.4, 0.5) is 0 Å². The van der Waals surface area contributed by atoms with E-state index in [1.807, 2.05) is 50.2 Å². The van der Waals surface area contributed by atoms with Crippen molar-refractivity contribution in [2.75, 3.05) is 6.26 Å². The fraction of sp³-hybridized carbons (Fsp3) is 0.389. The summed E-state index contributed by atoms with van der Waals surface area (Å²) in [6, 6.07) is 12.0. The van der Waals surface area contributed by atoms with Gasteiger partial charge >= 0.3 is 0 Å². The molecule has 1 N–H and O–H groups in total. The molecule has 1 heterocycles. The number of hydrogen-bond donors (Lipinski definition) is 1. The van der Waals surface area contributed by atoms with Crippen molar-refractivity contribution in [1.82, 2.24) is 10.3 Å². The van der Waals surface area contributed by atoms with Crippen LogP contribution in [0.25, 0.3) is 0 Å². The minimum atomic E-state index is -0.938. The van der Waals surface area contributed by atoms with Gasteiger partial charge in [0.05, 0.1) is 6.10 Å². The predicted octanol–water partition coefficient (Wildman–Crippen LogP) is 3.46. The molecule has 0 radical (unpaired) electrons. The van der Waals surface area contributed by atoms with Gasteiger partial charge in [-0.15, -0.1) is 0 Å². The average molecular weight is 332 g/mol. The van der Waals surface area contributed by atoms with E-state index >= 15 is 0 Å². The lowest BCUT2D eigenvalue weighted by atomic mass is 10.1. The molecule has 0 aliphatic carbocycles. The molecule has 2 unspecified atom stereocenters. The van der Waals surface area contributed by atoms with Crippen LogP contribution >= 0.6 is 0 Å². The maximum absolute atomic E-state index is 11.4. The Hall–Kier alpha value is -1.72. The van der Waals surface area contributed by atoms with Crippen molar-refractivity contribution in [3.8, 4) is 5.88 Å². The van der Waals surface area contributed by atoms with E-state index in [1.54, 1.807) is 12.5 Å². The fourth-order valence-electron chi connectivity index (χ4n) is 2.22. The Morgan fingerprint density at radius 3 is 2.48 bits per heavy atom. The molecule has 0 aliphatic rings. The number of rotatable bonds is 7. The lowest BCUT2D eigenvalue weighted by Crippen LogP contribution is -2.19. The van der Waals surface area contributed by atoms with Gasteiger partial charge in [-0.05, 0) is 44.5 Å². The van der Waals surface area contributed by atoms with E-state index < -0.39 is 10.8 Å². The van der Waals surface area contributed by atoms with Crippen LogP contribution < -0.4 is 10.1 Å². The average Bonchev–Trinajstić information content (AvgIpc) is 2.53. The van der Waals surface area contributed by atoms with Gasteiger partial charge in [0, 0.05) is 46.3 Å². The van der Waals surface area contributed by atoms with Crippen LogP contribution in [0.3, 0.4) is 0 Å². The second-order valence-electron chi connectivity index (χ2n) is 5.76. The highest BCUT2D eigenvalue weighted by molar-refractivity contribution is 7.84. The van der Waals surface area contributed by atoms with E-state index in [0.717, 1.165) is 16.0 Å². The highest BCUT2D eigenvalue weighted by Gasteiger charge is 2.10. The summed E-state index contributed by atoms with van der Waals surface area (Å²) in [5.74, 6) is 0.680. The summed E-state index contributed by atoms with van der Waals surface area (Å²) in [5.41, 5.74) is 2.20. The maximum Gasteiger partial charge on any atom is 0.218 e. The number of aromatic nitrogens is 1. The molecule has 4 nitrogen and oxygen atoms in total. The molecule has 23 heavy (non-hydrogen) atoms. The second kappa shape index (κ2) is 8.22. The first-order valence-corrected chi connectivity index (χ1v) is 9.30. The zero-order valence-corrected chi connectivity index (χ0v) is 14.9. The van der Waals surface area contributed by atoms with Gasteiger partial charge in [-0.2, -0.15) is 0 Å². The van der Waals surface area contributed by atoms with Crippen molar-refractivity contribution in [3.05, 3.63) is 53.7 Å². The first kappa shape index (κ1) is 17.6. The number of ether oxygens (including phenoxy) is 1. The molecule has 0 bridgehead atoms. The predicted molar refractivity (Wildman–Crippen MR) is 94.0 cm³/mol. The lowest BCUT2D eigenvalue weighted by Gasteiger charge is -2.17. The van der Waals surface area contributed by atoms with Crippen molar-refractivity contribution >= 4 is 10.8 Å². The van der Waals surface area contributed by atoms with Gasteiger partial charge in [-0.25, -0.2) is 4.98 Å². The highest BCUT2D eigenvalue weighted by Crippen LogP contribution is 2.19. The number of hydrogen-bond acceptors (Lipinski definition) is 4. The first-order chi connectivity index (χ1) is 11.0. The summed E-state index contributed by atoms with van der Waals surface area (Å²) in [6.45, 7) is 6.78. The molecule has 0 amide bonds. The Labute approximate surface area is 140 Å². The third-order valence-corrected chi connectivity index (χ3v) is 4.44. The number of nitrogens with one attached hydrogen (secondary N) is 1. The smallest absolute Gasteiger partial charge is 0.218 e. The summed E-state index contributed by atoms with van der Waals surface area (Å²) in [7, 11) is -0.938. The Morgan fingerprint density at radius 2 is 1.87 bits per heavy atom. The summed E-state index contributed by atoms with van der Waals surface area (Å²) in [4.78, 5) is 5.15. The van der Waals surface area contributed by atoms with Crippen LogP contribution in [0, 0.1) is 0 Å². The largest absolute Gasteiger partial charge is 0.475 e. The number of pyridine rings is 1. The van der Waals surface area contributed by atoms with Crippen LogP contribution in [-0.4, -0.2) is 21.6 Å². The van der Waals surface area contributed by atoms with Crippen molar-refractivity contribution in [3.63, 3.8) is 0 Å². The van der Waals surface area contributed by atoms with Crippen LogP contribution in [0.1, 0.15) is 37.9 Å². The quantitative estimate of drug-likeness (QED) is 0.844. The molecule has 0 aliphatic heterocycles. The zero-order chi connectivity index (χ0) is 16.8. The fourth-order valence-corrected chi connectivity index (χ4v) is 2.74. The van der Waals surface area contributed by atoms with E-state index in [2.05, 4.69) is 17.2 Å². The third kappa shape index (κ3) is 5.15. The third-order valence-electron chi connectivity index (χ3n) is 3.51. The summed E-state index contributed by atoms with van der Waals surface area (Å²) in [6.07, 6.45) is 3.53. The van der Waals surface area contributed by atoms with Crippen LogP contribution in [0.2, 0.25) is 0 Å². The molecule has 2 aromatic rings. The molecule has 2 atom stereocenters. The van der Waals surface area contributed by atoms with Gasteiger partial charge in [-0.1, -0.05) is 18.2 Å². The maximum atomic E-state index is 11.4. The zero-order valence-electron chi connectivity index (χ0n) is 14.1. The first-order valence-electron chi connectivity index (χ1n) is 7.74. The van der Waals surface area contributed by atoms with Gasteiger partial charge < -0.3 is 10.1 Å². The molecule has 0 saturated heterocycles. The van der Waals surface area contributed by atoms with Crippen molar-refractivity contribution in [2.24, 2.45) is 0 Å². The molecule has 2 rings (SSSR count). The van der Waals surface area contributed by atoms with Gasteiger partial charge in [0.25, 0.3) is 0 Å². The Bertz CT molecular complexity index is 656. The molecule has 0 saturated carbocycles. The highest BCUT2D eigenvalue weighted by atomic mass is 32.2. The Kier molecular flexibility index (Phi) is 6.30. The normalized spacial score (nSPS) is 13.8. The molecule has 1 aromatic heterocycles. The van der Waals surface area contributed by atoms with Gasteiger partial charge in [-0.3, -0.25) is 4.21 Å². The van der Waals surface area contributed by atoms with Gasteiger partial charge in [0.2, 0.25) is 5.88 Å². The van der Waals surface area contributed by atoms with Crippen LogP contribution in [0.15, 0.2) is 47.5 Å². The molecule has 124 valence electrons. The number of nitrogens with zero attached hydrogens (tertiary/aromatic N) is 1. The van der Waals surface area contributed by atoms with Crippen LogP contribution in [0.5, 0.6) is 5.88 Å². The van der Waals surface area contributed by atoms with Crippen molar-refractivity contribution in [2.45, 2.75) is 44.4 Å². The molecule has 0 spiro atoms. The number of benzene rings is 1. The van der Waals surface area contributed by atoms with E-state index in [4.69, 9.17) is 4.74 Å². The van der Waals surface area contributed by atoms with Gasteiger partial charge in [0.15, 0.2) is 0 Å². The van der Waals surface area contributed by atoms with E-state index in [-0.39, 0.29) is 12.1 Å². The summed E-state index contributed by atoms with van der Waals surface area (Å²) in [5, 5.41) is 3.48. The van der Waals surface area contributed by atoms with Crippen molar-refractivity contribution < 1.29 is 8.95 Å². The molecule has 1 aromatic carbocycles. The van der Waals surface area contributed by atoms with Crippen molar-refractivity contribution in [1.29, 1.82) is 0 Å². The molecular weight excluding hydrogens is 308 g/mol. The molecular formula is C18H24N2O2S.